The number of rotatable bonds is 2. The number of nitrogens with zero attached hydrogens (tertiary/aromatic N) is 1. The molecule has 4 N–H and O–H groups in total. The van der Waals surface area contributed by atoms with E-state index in [1.54, 1.807) is 0 Å². The van der Waals surface area contributed by atoms with E-state index >= 15 is 0 Å². The molecule has 7 heteroatoms. The summed E-state index contributed by atoms with van der Waals surface area (Å²) in [6, 6.07) is 2.30. The lowest BCUT2D eigenvalue weighted by Crippen LogP contribution is -2.36. The third kappa shape index (κ3) is 3.13. The molecule has 1 saturated carbocycles. The van der Waals surface area contributed by atoms with Gasteiger partial charge in [-0.25, -0.2) is 19.6 Å². The van der Waals surface area contributed by atoms with Gasteiger partial charge in [0, 0.05) is 6.07 Å². The summed E-state index contributed by atoms with van der Waals surface area (Å²) in [7, 11) is 0. The number of hydrogen-bond donors (Lipinski definition) is 3. The highest BCUT2D eigenvalue weighted by Crippen LogP contribution is 2.25. The van der Waals surface area contributed by atoms with Gasteiger partial charge in [-0.1, -0.05) is 0 Å². The Morgan fingerprint density at radius 1 is 1.35 bits per heavy atom. The van der Waals surface area contributed by atoms with Gasteiger partial charge in [-0.3, -0.25) is 5.43 Å². The number of nitrogens with one attached hydrogen (secondary N) is 2. The maximum Gasteiger partial charge on any atom is 0.210 e. The topological polar surface area (TPSA) is 62.4 Å². The van der Waals surface area contributed by atoms with Crippen molar-refractivity contribution >= 4 is 27.6 Å². The van der Waals surface area contributed by atoms with E-state index in [1.165, 1.54) is 0 Å². The van der Waals surface area contributed by atoms with Crippen LogP contribution in [0.1, 0.15) is 12.8 Å². The third-order valence-electron chi connectivity index (χ3n) is 2.26. The Balaban J connectivity index is 2.19. The van der Waals surface area contributed by atoms with Crippen LogP contribution in [0.15, 0.2) is 21.6 Å². The van der Waals surface area contributed by atoms with Gasteiger partial charge in [0.05, 0.1) is 16.2 Å². The molecule has 17 heavy (non-hydrogen) atoms. The summed E-state index contributed by atoms with van der Waals surface area (Å²) in [5, 5.41) is 2.61. The first-order chi connectivity index (χ1) is 8.10. The van der Waals surface area contributed by atoms with E-state index in [1.807, 2.05) is 0 Å². The standard InChI is InChI=1S/C10H11BrF2N4/c11-6-3-8(13)9(4-7(6)12)16-10(17-14)15-5-1-2-5/h3-5H,1-2,14H2,(H2,15,16,17). The van der Waals surface area contributed by atoms with Crippen LogP contribution < -0.4 is 16.6 Å². The average Bonchev–Trinajstić information content (AvgIpc) is 3.08. The summed E-state index contributed by atoms with van der Waals surface area (Å²) in [5.74, 6) is 4.33. The van der Waals surface area contributed by atoms with Crippen molar-refractivity contribution in [2.24, 2.45) is 10.8 Å². The number of hydrogen-bond acceptors (Lipinski definition) is 2. The van der Waals surface area contributed by atoms with E-state index in [-0.39, 0.29) is 22.2 Å². The van der Waals surface area contributed by atoms with Crippen LogP contribution in [-0.2, 0) is 0 Å². The van der Waals surface area contributed by atoms with Crippen LogP contribution in [0, 0.1) is 11.6 Å². The lowest BCUT2D eigenvalue weighted by atomic mass is 10.3. The van der Waals surface area contributed by atoms with Gasteiger partial charge in [0.25, 0.3) is 0 Å². The number of aliphatic imine (C=N–C) groups is 1. The molecule has 0 radical (unpaired) electrons. The SMILES string of the molecule is NNC(=NC1CC1)Nc1cc(F)c(Br)cc1F. The highest BCUT2D eigenvalue weighted by atomic mass is 79.9. The molecule has 1 aromatic rings. The fourth-order valence-electron chi connectivity index (χ4n) is 1.24. The number of guanidine groups is 1. The summed E-state index contributed by atoms with van der Waals surface area (Å²) in [6.07, 6.45) is 1.98. The Hall–Kier alpha value is -1.21. The molecular weight excluding hydrogens is 294 g/mol. The van der Waals surface area contributed by atoms with E-state index in [2.05, 4.69) is 31.7 Å². The molecule has 0 heterocycles. The maximum atomic E-state index is 13.5. The number of hydrazine groups is 1. The lowest BCUT2D eigenvalue weighted by molar-refractivity contribution is 0.598. The predicted molar refractivity (Wildman–Crippen MR) is 65.5 cm³/mol. The van der Waals surface area contributed by atoms with Gasteiger partial charge < -0.3 is 5.32 Å². The first kappa shape index (κ1) is 12.3. The second-order valence-corrected chi connectivity index (χ2v) is 4.58. The highest BCUT2D eigenvalue weighted by Gasteiger charge is 2.21. The van der Waals surface area contributed by atoms with Gasteiger partial charge in [-0.2, -0.15) is 0 Å². The molecule has 1 fully saturated rings. The van der Waals surface area contributed by atoms with Crippen LogP contribution in [0.4, 0.5) is 14.5 Å². The summed E-state index contributed by atoms with van der Waals surface area (Å²) in [5.41, 5.74) is 2.31. The molecule has 0 bridgehead atoms. The molecule has 92 valence electrons. The second-order valence-electron chi connectivity index (χ2n) is 3.72. The zero-order valence-corrected chi connectivity index (χ0v) is 10.4. The number of anilines is 1. The van der Waals surface area contributed by atoms with Crippen molar-refractivity contribution in [1.82, 2.24) is 5.43 Å². The predicted octanol–water partition coefficient (Wildman–Crippen LogP) is 2.12. The Bertz CT molecular complexity index is 460. The van der Waals surface area contributed by atoms with Crippen molar-refractivity contribution < 1.29 is 8.78 Å². The van der Waals surface area contributed by atoms with Crippen LogP contribution in [0.2, 0.25) is 0 Å². The molecule has 1 aliphatic carbocycles. The van der Waals surface area contributed by atoms with Crippen molar-refractivity contribution in [2.45, 2.75) is 18.9 Å². The molecule has 1 aromatic carbocycles. The minimum absolute atomic E-state index is 0.0111. The van der Waals surface area contributed by atoms with Crippen molar-refractivity contribution in [3.8, 4) is 0 Å². The quantitative estimate of drug-likeness (QED) is 0.258. The Kier molecular flexibility index (Phi) is 3.58. The van der Waals surface area contributed by atoms with Gasteiger partial charge in [0.2, 0.25) is 5.96 Å². The molecule has 0 unspecified atom stereocenters. The van der Waals surface area contributed by atoms with Crippen LogP contribution in [0.5, 0.6) is 0 Å². The molecule has 0 aromatic heterocycles. The first-order valence-corrected chi connectivity index (χ1v) is 5.85. The van der Waals surface area contributed by atoms with Crippen molar-refractivity contribution in [3.05, 3.63) is 28.2 Å². The van der Waals surface area contributed by atoms with Crippen LogP contribution >= 0.6 is 15.9 Å². The fraction of sp³-hybridized carbons (Fsp3) is 0.300. The zero-order chi connectivity index (χ0) is 12.4. The summed E-state index contributed by atoms with van der Waals surface area (Å²) in [4.78, 5) is 4.16. The summed E-state index contributed by atoms with van der Waals surface area (Å²) in [6.45, 7) is 0. The van der Waals surface area contributed by atoms with Gasteiger partial charge in [-0.05, 0) is 34.8 Å². The van der Waals surface area contributed by atoms with Crippen molar-refractivity contribution in [3.63, 3.8) is 0 Å². The summed E-state index contributed by atoms with van der Waals surface area (Å²) >= 11 is 2.90. The van der Waals surface area contributed by atoms with Crippen LogP contribution in [-0.4, -0.2) is 12.0 Å². The van der Waals surface area contributed by atoms with Gasteiger partial charge in [0.1, 0.15) is 11.6 Å². The van der Waals surface area contributed by atoms with Gasteiger partial charge in [0.15, 0.2) is 0 Å². The van der Waals surface area contributed by atoms with Crippen molar-refractivity contribution in [2.75, 3.05) is 5.32 Å². The first-order valence-electron chi connectivity index (χ1n) is 5.06. The van der Waals surface area contributed by atoms with E-state index in [4.69, 9.17) is 5.84 Å². The maximum absolute atomic E-state index is 13.5. The second kappa shape index (κ2) is 4.97. The van der Waals surface area contributed by atoms with E-state index < -0.39 is 11.6 Å². The van der Waals surface area contributed by atoms with Crippen LogP contribution in [0.25, 0.3) is 0 Å². The van der Waals surface area contributed by atoms with E-state index in [0.717, 1.165) is 25.0 Å². The summed E-state index contributed by atoms with van der Waals surface area (Å²) < 4.78 is 26.8. The van der Waals surface area contributed by atoms with E-state index in [9.17, 15) is 8.78 Å². The molecule has 0 aliphatic heterocycles. The Morgan fingerprint density at radius 3 is 2.65 bits per heavy atom. The average molecular weight is 305 g/mol. The number of nitrogens with two attached hydrogens (primary N) is 1. The zero-order valence-electron chi connectivity index (χ0n) is 8.80. The monoisotopic (exact) mass is 304 g/mol. The third-order valence-corrected chi connectivity index (χ3v) is 2.87. The molecule has 1 aliphatic rings. The smallest absolute Gasteiger partial charge is 0.210 e. The molecular formula is C10H11BrF2N4. The Morgan fingerprint density at radius 2 is 2.06 bits per heavy atom. The molecule has 0 amide bonds. The minimum atomic E-state index is -0.586. The largest absolute Gasteiger partial charge is 0.323 e. The molecule has 0 saturated heterocycles. The molecule has 0 atom stereocenters. The minimum Gasteiger partial charge on any atom is -0.323 e. The van der Waals surface area contributed by atoms with E-state index in [0.29, 0.717) is 0 Å². The van der Waals surface area contributed by atoms with Gasteiger partial charge >= 0.3 is 0 Å². The lowest BCUT2D eigenvalue weighted by Gasteiger charge is -2.10. The highest BCUT2D eigenvalue weighted by molar-refractivity contribution is 9.10. The number of halogens is 3. The number of benzene rings is 1. The van der Waals surface area contributed by atoms with Crippen molar-refractivity contribution in [1.29, 1.82) is 0 Å². The Labute approximate surface area is 105 Å². The normalized spacial score (nSPS) is 15.9. The molecule has 4 nitrogen and oxygen atoms in total. The van der Waals surface area contributed by atoms with Crippen LogP contribution in [0.3, 0.4) is 0 Å². The molecule has 0 spiro atoms. The van der Waals surface area contributed by atoms with Gasteiger partial charge in [-0.15, -0.1) is 0 Å². The fourth-order valence-corrected chi connectivity index (χ4v) is 1.55. The molecule has 2 rings (SSSR count).